The number of rotatable bonds is 4. The van der Waals surface area contributed by atoms with E-state index in [1.807, 2.05) is 50.3 Å². The molecule has 0 unspecified atom stereocenters. The van der Waals surface area contributed by atoms with Crippen molar-refractivity contribution in [3.63, 3.8) is 0 Å². The zero-order valence-electron chi connectivity index (χ0n) is 10.0. The zero-order chi connectivity index (χ0) is 12.2. The van der Waals surface area contributed by atoms with Gasteiger partial charge in [0.15, 0.2) is 0 Å². The highest BCUT2D eigenvalue weighted by molar-refractivity contribution is 5.48. The van der Waals surface area contributed by atoms with Crippen LogP contribution >= 0.6 is 0 Å². The Bertz CT molecular complexity index is 363. The van der Waals surface area contributed by atoms with Gasteiger partial charge in [0.1, 0.15) is 0 Å². The Morgan fingerprint density at radius 2 is 1.19 bits per heavy atom. The zero-order valence-corrected chi connectivity index (χ0v) is 10.0. The van der Waals surface area contributed by atoms with E-state index < -0.39 is 0 Å². The second-order valence-corrected chi connectivity index (χ2v) is 2.97. The maximum atomic E-state index is 3.66. The summed E-state index contributed by atoms with van der Waals surface area (Å²) in [5.74, 6) is 6.15. The normalized spacial score (nSPS) is 12.6. The van der Waals surface area contributed by atoms with Gasteiger partial charge in [-0.2, -0.15) is 0 Å². The summed E-state index contributed by atoms with van der Waals surface area (Å²) in [5.41, 5.74) is 1.88. The molecule has 0 spiro atoms. The molecule has 0 heteroatoms. The van der Waals surface area contributed by atoms with Gasteiger partial charge in [-0.3, -0.25) is 0 Å². The van der Waals surface area contributed by atoms with Crippen molar-refractivity contribution in [3.05, 3.63) is 72.9 Å². The van der Waals surface area contributed by atoms with Gasteiger partial charge in [0.05, 0.1) is 0 Å². The average Bonchev–Trinajstić information content (AvgIpc) is 2.27. The van der Waals surface area contributed by atoms with Crippen LogP contribution in [0.25, 0.3) is 0 Å². The van der Waals surface area contributed by atoms with Crippen LogP contribution in [0.5, 0.6) is 0 Å². The molecule has 16 heavy (non-hydrogen) atoms. The fourth-order valence-corrected chi connectivity index (χ4v) is 1.04. The lowest BCUT2D eigenvalue weighted by Crippen LogP contribution is -1.74. The minimum Gasteiger partial charge on any atom is -0.0990 e. The molecule has 82 valence electrons. The Hall–Kier alpha value is -2.00. The number of hydrogen-bond acceptors (Lipinski definition) is 0. The topological polar surface area (TPSA) is 0 Å². The molecule has 0 fully saturated rings. The molecule has 0 atom stereocenters. The minimum absolute atomic E-state index is 0.942. The van der Waals surface area contributed by atoms with Crippen LogP contribution in [0.3, 0.4) is 0 Å². The van der Waals surface area contributed by atoms with Gasteiger partial charge in [-0.25, -0.2) is 0 Å². The standard InChI is InChI=1S/C16H18/c1-5-9-15(10-6-2)13-14-16(11-7-3)12-8-4/h5-12H,1,3H2,2,4H3/b10-6-,12-8-,15-9+,16-11+. The maximum Gasteiger partial charge on any atom is 0.0245 e. The SMILES string of the molecule is C=C/C=C(C#CC(/C=C\C)=C/C=C)\C=C/C. The van der Waals surface area contributed by atoms with Crippen molar-refractivity contribution in [2.45, 2.75) is 13.8 Å². The van der Waals surface area contributed by atoms with Crippen molar-refractivity contribution in [1.29, 1.82) is 0 Å². The summed E-state index contributed by atoms with van der Waals surface area (Å²) in [4.78, 5) is 0. The molecule has 0 aliphatic carbocycles. The first-order valence-electron chi connectivity index (χ1n) is 5.21. The second kappa shape index (κ2) is 9.55. The molecule has 0 aromatic rings. The molecule has 0 N–H and O–H groups in total. The summed E-state index contributed by atoms with van der Waals surface area (Å²) < 4.78 is 0. The van der Waals surface area contributed by atoms with Crippen molar-refractivity contribution < 1.29 is 0 Å². The Balaban J connectivity index is 5.04. The van der Waals surface area contributed by atoms with Gasteiger partial charge in [-0.05, 0) is 26.0 Å². The van der Waals surface area contributed by atoms with Crippen LogP contribution in [0.2, 0.25) is 0 Å². The highest BCUT2D eigenvalue weighted by Gasteiger charge is 1.84. The van der Waals surface area contributed by atoms with Crippen LogP contribution in [-0.4, -0.2) is 0 Å². The van der Waals surface area contributed by atoms with E-state index in [1.165, 1.54) is 0 Å². The molecule has 0 rings (SSSR count). The van der Waals surface area contributed by atoms with Crippen LogP contribution < -0.4 is 0 Å². The molecule has 0 nitrogen and oxygen atoms in total. The van der Waals surface area contributed by atoms with E-state index in [0.29, 0.717) is 0 Å². The first-order valence-corrected chi connectivity index (χ1v) is 5.21. The lowest BCUT2D eigenvalue weighted by Gasteiger charge is -1.89. The molecular formula is C16H18. The van der Waals surface area contributed by atoms with Crippen molar-refractivity contribution in [3.8, 4) is 11.8 Å². The largest absolute Gasteiger partial charge is 0.0990 e. The molecule has 0 bridgehead atoms. The van der Waals surface area contributed by atoms with Gasteiger partial charge in [0, 0.05) is 11.1 Å². The summed E-state index contributed by atoms with van der Waals surface area (Å²) >= 11 is 0. The van der Waals surface area contributed by atoms with Crippen LogP contribution in [0, 0.1) is 11.8 Å². The molecular weight excluding hydrogens is 192 g/mol. The minimum atomic E-state index is 0.942. The van der Waals surface area contributed by atoms with E-state index >= 15 is 0 Å². The summed E-state index contributed by atoms with van der Waals surface area (Å²) in [6.45, 7) is 11.2. The molecule has 0 aliphatic rings. The van der Waals surface area contributed by atoms with Crippen molar-refractivity contribution in [2.24, 2.45) is 0 Å². The van der Waals surface area contributed by atoms with Gasteiger partial charge in [0.25, 0.3) is 0 Å². The Kier molecular flexibility index (Phi) is 8.36. The fraction of sp³-hybridized carbons (Fsp3) is 0.125. The van der Waals surface area contributed by atoms with E-state index in [2.05, 4.69) is 25.0 Å². The van der Waals surface area contributed by atoms with Crippen LogP contribution in [-0.2, 0) is 0 Å². The van der Waals surface area contributed by atoms with Crippen molar-refractivity contribution >= 4 is 0 Å². The van der Waals surface area contributed by atoms with Crippen molar-refractivity contribution in [2.75, 3.05) is 0 Å². The summed E-state index contributed by atoms with van der Waals surface area (Å²) in [7, 11) is 0. The van der Waals surface area contributed by atoms with Gasteiger partial charge in [0.2, 0.25) is 0 Å². The van der Waals surface area contributed by atoms with E-state index in [4.69, 9.17) is 0 Å². The second-order valence-electron chi connectivity index (χ2n) is 2.97. The first kappa shape index (κ1) is 14.0. The molecule has 0 aromatic heterocycles. The highest BCUT2D eigenvalue weighted by atomic mass is 13.9. The average molecular weight is 210 g/mol. The molecule has 0 saturated heterocycles. The number of allylic oxidation sites excluding steroid dienone is 10. The van der Waals surface area contributed by atoms with Crippen molar-refractivity contribution in [1.82, 2.24) is 0 Å². The van der Waals surface area contributed by atoms with Gasteiger partial charge in [-0.15, -0.1) is 0 Å². The van der Waals surface area contributed by atoms with E-state index in [1.54, 1.807) is 12.2 Å². The van der Waals surface area contributed by atoms with E-state index in [-0.39, 0.29) is 0 Å². The fourth-order valence-electron chi connectivity index (χ4n) is 1.04. The molecule has 0 heterocycles. The predicted octanol–water partition coefficient (Wildman–Crippen LogP) is 4.37. The smallest absolute Gasteiger partial charge is 0.0245 e. The Morgan fingerprint density at radius 3 is 1.44 bits per heavy atom. The molecule has 0 amide bonds. The third-order valence-electron chi connectivity index (χ3n) is 1.64. The van der Waals surface area contributed by atoms with Gasteiger partial charge in [-0.1, -0.05) is 61.5 Å². The van der Waals surface area contributed by atoms with E-state index in [0.717, 1.165) is 11.1 Å². The quantitative estimate of drug-likeness (QED) is 0.477. The molecule has 0 saturated carbocycles. The maximum absolute atomic E-state index is 3.66. The first-order chi connectivity index (χ1) is 7.78. The Morgan fingerprint density at radius 1 is 0.812 bits per heavy atom. The Labute approximate surface area is 99.1 Å². The highest BCUT2D eigenvalue weighted by Crippen LogP contribution is 1.99. The summed E-state index contributed by atoms with van der Waals surface area (Å²) in [6.07, 6.45) is 15.0. The summed E-state index contributed by atoms with van der Waals surface area (Å²) in [6, 6.07) is 0. The monoisotopic (exact) mass is 210 g/mol. The van der Waals surface area contributed by atoms with Gasteiger partial charge < -0.3 is 0 Å². The lowest BCUT2D eigenvalue weighted by molar-refractivity contribution is 1.65. The summed E-state index contributed by atoms with van der Waals surface area (Å²) in [5, 5.41) is 0. The third-order valence-corrected chi connectivity index (χ3v) is 1.64. The lowest BCUT2D eigenvalue weighted by atomic mass is 10.2. The van der Waals surface area contributed by atoms with Crippen LogP contribution in [0.1, 0.15) is 13.8 Å². The number of hydrogen-bond donors (Lipinski definition) is 0. The molecule has 0 aliphatic heterocycles. The van der Waals surface area contributed by atoms with Crippen LogP contribution in [0.4, 0.5) is 0 Å². The van der Waals surface area contributed by atoms with E-state index in [9.17, 15) is 0 Å². The molecule has 0 aromatic carbocycles. The van der Waals surface area contributed by atoms with Crippen LogP contribution in [0.15, 0.2) is 72.9 Å². The van der Waals surface area contributed by atoms with Gasteiger partial charge >= 0.3 is 0 Å². The third kappa shape index (κ3) is 6.45. The predicted molar refractivity (Wildman–Crippen MR) is 74.0 cm³/mol. The molecule has 0 radical (unpaired) electrons.